The Morgan fingerprint density at radius 1 is 0.438 bits per heavy atom. The summed E-state index contributed by atoms with van der Waals surface area (Å²) in [5.41, 5.74) is 3.80. The molecule has 0 saturated heterocycles. The minimum Gasteiger partial charge on any atom is -0.497 e. The SMILES string of the molecule is COc1ccc(C(OC[C@H](O)CNCCNC[C@@H](O)COC(c2ccc(OC)cc2)c2ccc(OC)cc2)c2ccc(OC)cc2)cc1. The van der Waals surface area contributed by atoms with Gasteiger partial charge in [-0.15, -0.1) is 0 Å². The standard InChI is InChI=1S/C38H48N2O8/c1-43-33-13-5-27(6-14-33)37(28-7-15-34(44-2)16-8-28)47-25-31(41)23-39-21-22-40-24-32(42)26-48-38(29-9-17-35(45-3)18-10-29)30-11-19-36(46-4)20-12-30/h5-20,31-32,37-42H,21-26H2,1-4H3/t31-,32-/m1/s1. The molecule has 4 aromatic rings. The molecule has 48 heavy (non-hydrogen) atoms. The lowest BCUT2D eigenvalue weighted by molar-refractivity contribution is 0.00543. The van der Waals surface area contributed by atoms with Crippen molar-refractivity contribution in [2.24, 2.45) is 0 Å². The van der Waals surface area contributed by atoms with Crippen LogP contribution in [0, 0.1) is 0 Å². The van der Waals surface area contributed by atoms with Crippen LogP contribution in [0.2, 0.25) is 0 Å². The van der Waals surface area contributed by atoms with Gasteiger partial charge in [0.25, 0.3) is 0 Å². The molecule has 0 spiro atoms. The fraction of sp³-hybridized carbons (Fsp3) is 0.368. The van der Waals surface area contributed by atoms with Gasteiger partial charge in [-0.2, -0.15) is 0 Å². The van der Waals surface area contributed by atoms with Crippen molar-refractivity contribution in [2.75, 3.05) is 67.8 Å². The average molecular weight is 661 g/mol. The Kier molecular flexibility index (Phi) is 15.0. The van der Waals surface area contributed by atoms with Crippen molar-refractivity contribution in [3.8, 4) is 23.0 Å². The Hall–Kier alpha value is -4.16. The Balaban J connectivity index is 1.19. The lowest BCUT2D eigenvalue weighted by Gasteiger charge is -2.22. The Bertz CT molecular complexity index is 1240. The van der Waals surface area contributed by atoms with Crippen LogP contribution in [0.3, 0.4) is 0 Å². The van der Waals surface area contributed by atoms with Crippen LogP contribution in [0.5, 0.6) is 23.0 Å². The van der Waals surface area contributed by atoms with E-state index in [9.17, 15) is 10.2 Å². The van der Waals surface area contributed by atoms with E-state index in [-0.39, 0.29) is 25.4 Å². The Morgan fingerprint density at radius 2 is 0.688 bits per heavy atom. The van der Waals surface area contributed by atoms with E-state index in [0.717, 1.165) is 45.3 Å². The van der Waals surface area contributed by atoms with Crippen molar-refractivity contribution in [2.45, 2.75) is 24.4 Å². The Morgan fingerprint density at radius 3 is 0.917 bits per heavy atom. The molecular formula is C38H48N2O8. The topological polar surface area (TPSA) is 120 Å². The van der Waals surface area contributed by atoms with Gasteiger partial charge in [0.05, 0.1) is 53.9 Å². The maximum absolute atomic E-state index is 10.7. The van der Waals surface area contributed by atoms with Crippen LogP contribution in [0.25, 0.3) is 0 Å². The van der Waals surface area contributed by atoms with E-state index in [1.165, 1.54) is 0 Å². The van der Waals surface area contributed by atoms with Gasteiger partial charge in [0.2, 0.25) is 0 Å². The summed E-state index contributed by atoms with van der Waals surface area (Å²) in [6.45, 7) is 2.20. The second-order valence-electron chi connectivity index (χ2n) is 11.2. The third-order valence-electron chi connectivity index (χ3n) is 7.82. The molecule has 0 aliphatic carbocycles. The number of benzene rings is 4. The molecule has 0 saturated carbocycles. The third kappa shape index (κ3) is 11.2. The van der Waals surface area contributed by atoms with E-state index in [2.05, 4.69) is 10.6 Å². The van der Waals surface area contributed by atoms with Gasteiger partial charge in [0.15, 0.2) is 0 Å². The molecular weight excluding hydrogens is 612 g/mol. The Labute approximate surface area is 283 Å². The summed E-state index contributed by atoms with van der Waals surface area (Å²) in [7, 11) is 6.53. The summed E-state index contributed by atoms with van der Waals surface area (Å²) >= 11 is 0. The van der Waals surface area contributed by atoms with E-state index in [0.29, 0.717) is 26.2 Å². The normalized spacial score (nSPS) is 12.6. The van der Waals surface area contributed by atoms with Crippen molar-refractivity contribution in [1.82, 2.24) is 10.6 Å². The first-order valence-corrected chi connectivity index (χ1v) is 16.0. The summed E-state index contributed by atoms with van der Waals surface area (Å²) in [6.07, 6.45) is -2.15. The van der Waals surface area contributed by atoms with Crippen LogP contribution < -0.4 is 29.6 Å². The number of rotatable bonds is 21. The van der Waals surface area contributed by atoms with Crippen molar-refractivity contribution < 1.29 is 38.6 Å². The van der Waals surface area contributed by atoms with Crippen molar-refractivity contribution in [1.29, 1.82) is 0 Å². The third-order valence-corrected chi connectivity index (χ3v) is 7.82. The van der Waals surface area contributed by atoms with Gasteiger partial charge in [-0.3, -0.25) is 0 Å². The summed E-state index contributed by atoms with van der Waals surface area (Å²) in [5, 5.41) is 27.8. The molecule has 0 aliphatic heterocycles. The number of hydrogen-bond donors (Lipinski definition) is 4. The molecule has 10 nitrogen and oxygen atoms in total. The highest BCUT2D eigenvalue weighted by atomic mass is 16.5. The largest absolute Gasteiger partial charge is 0.497 e. The van der Waals surface area contributed by atoms with Crippen LogP contribution in [-0.2, 0) is 9.47 Å². The van der Waals surface area contributed by atoms with Gasteiger partial charge in [-0.25, -0.2) is 0 Å². The lowest BCUT2D eigenvalue weighted by atomic mass is 10.0. The number of aliphatic hydroxyl groups is 2. The van der Waals surface area contributed by atoms with Crippen LogP contribution in [0.1, 0.15) is 34.5 Å². The minimum atomic E-state index is -0.712. The zero-order valence-electron chi connectivity index (χ0n) is 28.1. The smallest absolute Gasteiger partial charge is 0.118 e. The number of methoxy groups -OCH3 is 4. The van der Waals surface area contributed by atoms with Gasteiger partial charge < -0.3 is 49.3 Å². The first-order chi connectivity index (χ1) is 23.4. The van der Waals surface area contributed by atoms with Gasteiger partial charge in [0.1, 0.15) is 35.2 Å². The zero-order chi connectivity index (χ0) is 34.1. The van der Waals surface area contributed by atoms with E-state index in [1.54, 1.807) is 28.4 Å². The fourth-order valence-electron chi connectivity index (χ4n) is 5.13. The highest BCUT2D eigenvalue weighted by Gasteiger charge is 2.19. The van der Waals surface area contributed by atoms with Crippen LogP contribution >= 0.6 is 0 Å². The van der Waals surface area contributed by atoms with Gasteiger partial charge in [0, 0.05) is 26.2 Å². The summed E-state index contributed by atoms with van der Waals surface area (Å²) in [5.74, 6) is 3.04. The molecule has 0 aliphatic rings. The summed E-state index contributed by atoms with van der Waals surface area (Å²) in [6, 6.07) is 30.8. The van der Waals surface area contributed by atoms with Crippen LogP contribution in [0.15, 0.2) is 97.1 Å². The molecule has 0 unspecified atom stereocenters. The van der Waals surface area contributed by atoms with Crippen molar-refractivity contribution in [3.05, 3.63) is 119 Å². The van der Waals surface area contributed by atoms with Crippen LogP contribution in [0.4, 0.5) is 0 Å². The molecule has 4 N–H and O–H groups in total. The second kappa shape index (κ2) is 19.6. The summed E-state index contributed by atoms with van der Waals surface area (Å²) in [4.78, 5) is 0. The molecule has 4 aromatic carbocycles. The maximum atomic E-state index is 10.7. The molecule has 258 valence electrons. The van der Waals surface area contributed by atoms with Crippen molar-refractivity contribution in [3.63, 3.8) is 0 Å². The second-order valence-corrected chi connectivity index (χ2v) is 11.2. The molecule has 4 rings (SSSR count). The van der Waals surface area contributed by atoms with E-state index in [4.69, 9.17) is 28.4 Å². The highest BCUT2D eigenvalue weighted by molar-refractivity contribution is 5.38. The predicted molar refractivity (Wildman–Crippen MR) is 185 cm³/mol. The quantitative estimate of drug-likeness (QED) is 0.0950. The highest BCUT2D eigenvalue weighted by Crippen LogP contribution is 2.30. The first kappa shape index (κ1) is 36.7. The molecule has 0 bridgehead atoms. The molecule has 0 radical (unpaired) electrons. The fourth-order valence-corrected chi connectivity index (χ4v) is 5.13. The molecule has 0 amide bonds. The molecule has 0 fully saturated rings. The van der Waals surface area contributed by atoms with Gasteiger partial charge in [-0.1, -0.05) is 48.5 Å². The summed E-state index contributed by atoms with van der Waals surface area (Å²) < 4.78 is 33.6. The maximum Gasteiger partial charge on any atom is 0.118 e. The monoisotopic (exact) mass is 660 g/mol. The lowest BCUT2D eigenvalue weighted by Crippen LogP contribution is -2.38. The van der Waals surface area contributed by atoms with Gasteiger partial charge in [-0.05, 0) is 70.8 Å². The minimum absolute atomic E-state index is 0.142. The first-order valence-electron chi connectivity index (χ1n) is 16.0. The number of aliphatic hydroxyl groups excluding tert-OH is 2. The predicted octanol–water partition coefficient (Wildman–Crippen LogP) is 4.53. The zero-order valence-corrected chi connectivity index (χ0v) is 28.1. The van der Waals surface area contributed by atoms with Crippen LogP contribution in [-0.4, -0.2) is 90.3 Å². The average Bonchev–Trinajstić information content (AvgIpc) is 3.14. The van der Waals surface area contributed by atoms with E-state index >= 15 is 0 Å². The van der Waals surface area contributed by atoms with Crippen molar-refractivity contribution >= 4 is 0 Å². The van der Waals surface area contributed by atoms with E-state index < -0.39 is 12.2 Å². The van der Waals surface area contributed by atoms with E-state index in [1.807, 2.05) is 97.1 Å². The van der Waals surface area contributed by atoms with Gasteiger partial charge >= 0.3 is 0 Å². The molecule has 0 aromatic heterocycles. The molecule has 10 heteroatoms. The number of nitrogens with one attached hydrogen (secondary N) is 2. The number of hydrogen-bond acceptors (Lipinski definition) is 10. The molecule has 0 heterocycles. The number of ether oxygens (including phenoxy) is 6. The molecule has 2 atom stereocenters.